The van der Waals surface area contributed by atoms with Crippen LogP contribution in [0.25, 0.3) is 0 Å². The fourth-order valence-corrected chi connectivity index (χ4v) is 5.13. The van der Waals surface area contributed by atoms with E-state index in [1.807, 2.05) is 0 Å². The van der Waals surface area contributed by atoms with E-state index in [1.165, 1.54) is 6.26 Å². The van der Waals surface area contributed by atoms with Crippen LogP contribution in [0.1, 0.15) is 13.3 Å². The molecule has 0 aromatic rings. The number of ether oxygens (including phenoxy) is 1. The second-order valence-corrected chi connectivity index (χ2v) is 8.04. The van der Waals surface area contributed by atoms with E-state index in [9.17, 15) is 9.59 Å². The van der Waals surface area contributed by atoms with Gasteiger partial charge in [-0.3, -0.25) is 4.79 Å². The molecule has 1 fully saturated rings. The molecule has 0 N–H and O–H groups in total. The van der Waals surface area contributed by atoms with Crippen molar-refractivity contribution in [3.8, 4) is 0 Å². The third-order valence-corrected chi connectivity index (χ3v) is 6.47. The lowest BCUT2D eigenvalue weighted by atomic mass is 10.2. The summed E-state index contributed by atoms with van der Waals surface area (Å²) < 4.78 is 4.41. The smallest absolute Gasteiger partial charge is 0.337 e. The van der Waals surface area contributed by atoms with Crippen LogP contribution in [0, 0.1) is 0 Å². The number of amides is 1. The summed E-state index contributed by atoms with van der Waals surface area (Å²) in [4.78, 5) is 25.9. The molecule has 0 spiro atoms. The van der Waals surface area contributed by atoms with Crippen LogP contribution in [-0.2, 0) is 14.3 Å². The number of hydrogen-bond donors (Lipinski definition) is 0. The molecule has 0 unspecified atom stereocenters. The Morgan fingerprint density at radius 1 is 1.22 bits per heavy atom. The van der Waals surface area contributed by atoms with E-state index in [-0.39, 0.29) is 5.91 Å². The molecule has 6 heteroatoms. The van der Waals surface area contributed by atoms with Gasteiger partial charge in [0.2, 0.25) is 5.91 Å². The molecule has 1 aliphatic rings. The van der Waals surface area contributed by atoms with Gasteiger partial charge >= 0.3 is 5.97 Å². The third kappa shape index (κ3) is 5.62. The number of carbonyl (C=O) groups is 2. The summed E-state index contributed by atoms with van der Waals surface area (Å²) in [5, 5.41) is 0. The van der Waals surface area contributed by atoms with Crippen LogP contribution in [0.5, 0.6) is 0 Å². The van der Waals surface area contributed by atoms with E-state index in [0.717, 1.165) is 11.5 Å². The summed E-state index contributed by atoms with van der Waals surface area (Å²) in [6, 6.07) is 0. The normalized spacial score (nSPS) is 16.0. The summed E-state index contributed by atoms with van der Waals surface area (Å²) in [6.45, 7) is 13.4. The van der Waals surface area contributed by atoms with Crippen LogP contribution in [0.3, 0.4) is 0 Å². The maximum Gasteiger partial charge on any atom is 0.337 e. The molecule has 0 saturated carbocycles. The van der Waals surface area contributed by atoms with Crippen molar-refractivity contribution in [2.45, 2.75) is 17.4 Å². The van der Waals surface area contributed by atoms with Gasteiger partial charge in [-0.05, 0) is 19.4 Å². The molecule has 4 nitrogen and oxygen atoms in total. The molecule has 0 atom stereocenters. The molecule has 0 aromatic carbocycles. The van der Waals surface area contributed by atoms with Crippen molar-refractivity contribution in [2.75, 3.05) is 24.6 Å². The van der Waals surface area contributed by atoms with Crippen molar-refractivity contribution < 1.29 is 14.3 Å². The maximum atomic E-state index is 12.9. The van der Waals surface area contributed by atoms with Gasteiger partial charge in [-0.25, -0.2) is 4.79 Å². The van der Waals surface area contributed by atoms with Crippen LogP contribution >= 0.6 is 23.5 Å². The monoisotopic (exact) mass is 353 g/mol. The number of allylic oxidation sites excluding steroid dienone is 1. The van der Waals surface area contributed by atoms with Crippen molar-refractivity contribution >= 4 is 35.4 Å². The van der Waals surface area contributed by atoms with E-state index in [2.05, 4.69) is 19.7 Å². The Labute approximate surface area is 146 Å². The van der Waals surface area contributed by atoms with Gasteiger partial charge in [-0.2, -0.15) is 0 Å². The minimum Gasteiger partial charge on any atom is -0.431 e. The number of hydrogen-bond acceptors (Lipinski definition) is 5. The van der Waals surface area contributed by atoms with Crippen LogP contribution in [0.4, 0.5) is 0 Å². The molecule has 23 heavy (non-hydrogen) atoms. The number of rotatable bonds is 9. The van der Waals surface area contributed by atoms with Gasteiger partial charge in [-0.15, -0.1) is 36.7 Å². The van der Waals surface area contributed by atoms with Crippen LogP contribution < -0.4 is 0 Å². The van der Waals surface area contributed by atoms with Gasteiger partial charge in [0.1, 0.15) is 4.08 Å². The number of nitrogens with zero attached hydrogens (tertiary/aromatic N) is 1. The van der Waals surface area contributed by atoms with Gasteiger partial charge in [-0.1, -0.05) is 18.7 Å². The lowest BCUT2D eigenvalue weighted by Gasteiger charge is -2.31. The SMILES string of the molecule is C=CCN(CC=COC(=O)C(=C)C)C(=O)C1(CC=C)SCCS1. The maximum absolute atomic E-state index is 12.9. The van der Waals surface area contributed by atoms with Crippen molar-refractivity contribution in [1.29, 1.82) is 0 Å². The number of thioether (sulfide) groups is 2. The average Bonchev–Trinajstić information content (AvgIpc) is 2.99. The summed E-state index contributed by atoms with van der Waals surface area (Å²) in [5.41, 5.74) is 0.331. The minimum absolute atomic E-state index is 0.0562. The quantitative estimate of drug-likeness (QED) is 0.275. The van der Waals surface area contributed by atoms with Crippen molar-refractivity contribution in [3.05, 3.63) is 49.8 Å². The topological polar surface area (TPSA) is 46.6 Å². The highest BCUT2D eigenvalue weighted by Gasteiger charge is 2.43. The molecule has 0 bridgehead atoms. The largest absolute Gasteiger partial charge is 0.431 e. The first-order chi connectivity index (χ1) is 11.0. The Morgan fingerprint density at radius 3 is 2.39 bits per heavy atom. The van der Waals surface area contributed by atoms with Crippen molar-refractivity contribution in [3.63, 3.8) is 0 Å². The number of esters is 1. The van der Waals surface area contributed by atoms with Gasteiger partial charge in [0, 0.05) is 30.2 Å². The molecule has 1 heterocycles. The first kappa shape index (κ1) is 19.6. The fourth-order valence-electron chi connectivity index (χ4n) is 1.99. The van der Waals surface area contributed by atoms with Crippen molar-refractivity contribution in [2.24, 2.45) is 0 Å². The Morgan fingerprint density at radius 2 is 1.87 bits per heavy atom. The lowest BCUT2D eigenvalue weighted by molar-refractivity contribution is -0.133. The van der Waals surface area contributed by atoms with E-state index in [0.29, 0.717) is 25.1 Å². The third-order valence-electron chi connectivity index (χ3n) is 3.07. The van der Waals surface area contributed by atoms with Crippen LogP contribution in [0.15, 0.2) is 49.8 Å². The zero-order chi connectivity index (χ0) is 17.3. The Balaban J connectivity index is 2.72. The predicted molar refractivity (Wildman–Crippen MR) is 99.3 cm³/mol. The molecule has 1 rings (SSSR count). The van der Waals surface area contributed by atoms with E-state index >= 15 is 0 Å². The van der Waals surface area contributed by atoms with Crippen molar-refractivity contribution in [1.82, 2.24) is 4.90 Å². The molecule has 0 aromatic heterocycles. The first-order valence-electron chi connectivity index (χ1n) is 7.27. The summed E-state index contributed by atoms with van der Waals surface area (Å²) >= 11 is 3.34. The standard InChI is InChI=1S/C17H23NO3S2/c1-5-8-17(22-12-13-23-17)16(20)18(9-6-2)10-7-11-21-15(19)14(3)4/h5-7,11H,1-3,8-10,12-13H2,4H3. The molecule has 1 saturated heterocycles. The Kier molecular flexibility index (Phi) is 8.26. The highest BCUT2D eigenvalue weighted by atomic mass is 32.2. The van der Waals surface area contributed by atoms with Gasteiger partial charge in [0.15, 0.2) is 0 Å². The highest BCUT2D eigenvalue weighted by Crippen LogP contribution is 2.47. The zero-order valence-corrected chi connectivity index (χ0v) is 15.1. The van der Waals surface area contributed by atoms with E-state index in [1.54, 1.807) is 53.6 Å². The van der Waals surface area contributed by atoms with Gasteiger partial charge < -0.3 is 9.64 Å². The molecule has 0 aliphatic carbocycles. The van der Waals surface area contributed by atoms with E-state index in [4.69, 9.17) is 4.74 Å². The molecule has 1 amide bonds. The van der Waals surface area contributed by atoms with Gasteiger partial charge in [0.05, 0.1) is 6.26 Å². The fraction of sp³-hybridized carbons (Fsp3) is 0.412. The Bertz CT molecular complexity index is 508. The second-order valence-electron chi connectivity index (χ2n) is 5.00. The predicted octanol–water partition coefficient (Wildman–Crippen LogP) is 3.39. The summed E-state index contributed by atoms with van der Waals surface area (Å²) in [6.07, 6.45) is 7.06. The highest BCUT2D eigenvalue weighted by molar-refractivity contribution is 8.22. The molecular formula is C17H23NO3S2. The molecule has 0 radical (unpaired) electrons. The molecular weight excluding hydrogens is 330 g/mol. The summed E-state index contributed by atoms with van der Waals surface area (Å²) in [7, 11) is 0. The first-order valence-corrected chi connectivity index (χ1v) is 9.24. The summed E-state index contributed by atoms with van der Waals surface area (Å²) in [5.74, 6) is 1.49. The molecule has 1 aliphatic heterocycles. The lowest BCUT2D eigenvalue weighted by Crippen LogP contribution is -2.44. The average molecular weight is 354 g/mol. The minimum atomic E-state index is -0.493. The van der Waals surface area contributed by atoms with Crippen LogP contribution in [0.2, 0.25) is 0 Å². The van der Waals surface area contributed by atoms with Crippen LogP contribution in [-0.4, -0.2) is 45.5 Å². The van der Waals surface area contributed by atoms with E-state index < -0.39 is 10.0 Å². The molecule has 126 valence electrons. The number of carbonyl (C=O) groups excluding carboxylic acids is 2. The second kappa shape index (κ2) is 9.67. The van der Waals surface area contributed by atoms with Gasteiger partial charge in [0.25, 0.3) is 0 Å². The Hall–Kier alpha value is -1.40. The zero-order valence-electron chi connectivity index (χ0n) is 13.5.